The highest BCUT2D eigenvalue weighted by Gasteiger charge is 2.24. The van der Waals surface area contributed by atoms with Crippen LogP contribution in [0.4, 0.5) is 5.69 Å². The summed E-state index contributed by atoms with van der Waals surface area (Å²) in [5.41, 5.74) is 1.14. The van der Waals surface area contributed by atoms with E-state index in [1.807, 2.05) is 43.0 Å². The average Bonchev–Trinajstić information content (AvgIpc) is 2.61. The van der Waals surface area contributed by atoms with Gasteiger partial charge >= 0.3 is 0 Å². The number of carbonyl (C=O) groups excluding carboxylic acids is 2. The quantitative estimate of drug-likeness (QED) is 0.788. The Morgan fingerprint density at radius 2 is 1.72 bits per heavy atom. The molecule has 1 aromatic rings. The van der Waals surface area contributed by atoms with Crippen LogP contribution >= 0.6 is 0 Å². The first-order chi connectivity index (χ1) is 11.9. The summed E-state index contributed by atoms with van der Waals surface area (Å²) in [7, 11) is 1.66. The molecule has 1 heterocycles. The Balaban J connectivity index is 1.87. The maximum Gasteiger partial charge on any atom is 0.242 e. The Morgan fingerprint density at radius 1 is 1.12 bits per heavy atom. The van der Waals surface area contributed by atoms with Crippen LogP contribution in [-0.2, 0) is 9.59 Å². The number of piperazine rings is 1. The average molecular weight is 347 g/mol. The number of hydrogen-bond acceptors (Lipinski definition) is 4. The fourth-order valence-electron chi connectivity index (χ4n) is 3.02. The fraction of sp³-hybridized carbons (Fsp3) is 0.579. The van der Waals surface area contributed by atoms with Gasteiger partial charge in [-0.1, -0.05) is 13.8 Å². The van der Waals surface area contributed by atoms with Gasteiger partial charge < -0.3 is 19.4 Å². The molecular weight excluding hydrogens is 318 g/mol. The molecule has 6 nitrogen and oxygen atoms in total. The van der Waals surface area contributed by atoms with E-state index in [1.165, 1.54) is 6.92 Å². The summed E-state index contributed by atoms with van der Waals surface area (Å²) in [4.78, 5) is 30.0. The van der Waals surface area contributed by atoms with Crippen molar-refractivity contribution in [2.45, 2.75) is 20.8 Å². The third-order valence-electron chi connectivity index (χ3n) is 4.43. The first-order valence-corrected chi connectivity index (χ1v) is 8.83. The Labute approximate surface area is 150 Å². The molecule has 2 rings (SSSR count). The summed E-state index contributed by atoms with van der Waals surface area (Å²) in [6.45, 7) is 9.36. The van der Waals surface area contributed by atoms with E-state index < -0.39 is 0 Å². The highest BCUT2D eigenvalue weighted by Crippen LogP contribution is 2.20. The zero-order valence-electron chi connectivity index (χ0n) is 15.7. The van der Waals surface area contributed by atoms with Crippen molar-refractivity contribution >= 4 is 17.5 Å². The van der Waals surface area contributed by atoms with Crippen molar-refractivity contribution in [1.82, 2.24) is 9.80 Å². The summed E-state index contributed by atoms with van der Waals surface area (Å²) < 4.78 is 5.19. The van der Waals surface area contributed by atoms with E-state index in [4.69, 9.17) is 4.74 Å². The Kier molecular flexibility index (Phi) is 6.67. The second kappa shape index (κ2) is 8.74. The SMILES string of the molecule is COc1ccc(N2CCN(C(=O)CN(CC(C)C)C(C)=O)CC2)cc1. The van der Waals surface area contributed by atoms with Crippen LogP contribution in [0.1, 0.15) is 20.8 Å². The number of carbonyl (C=O) groups is 2. The number of hydrogen-bond donors (Lipinski definition) is 0. The van der Waals surface area contributed by atoms with E-state index in [-0.39, 0.29) is 18.4 Å². The van der Waals surface area contributed by atoms with Gasteiger partial charge in [0.15, 0.2) is 0 Å². The lowest BCUT2D eigenvalue weighted by atomic mass is 10.2. The van der Waals surface area contributed by atoms with Crippen molar-refractivity contribution in [3.8, 4) is 5.75 Å². The molecule has 0 N–H and O–H groups in total. The van der Waals surface area contributed by atoms with Gasteiger partial charge in [-0.15, -0.1) is 0 Å². The molecule has 0 radical (unpaired) electrons. The largest absolute Gasteiger partial charge is 0.497 e. The first kappa shape index (κ1) is 19.1. The highest BCUT2D eigenvalue weighted by atomic mass is 16.5. The number of benzene rings is 1. The third kappa shape index (κ3) is 5.37. The summed E-state index contributed by atoms with van der Waals surface area (Å²) in [6.07, 6.45) is 0. The van der Waals surface area contributed by atoms with Crippen molar-refractivity contribution < 1.29 is 14.3 Å². The van der Waals surface area contributed by atoms with Gasteiger partial charge in [0.1, 0.15) is 5.75 Å². The van der Waals surface area contributed by atoms with E-state index in [2.05, 4.69) is 4.90 Å². The van der Waals surface area contributed by atoms with Gasteiger partial charge in [0.25, 0.3) is 0 Å². The topological polar surface area (TPSA) is 53.1 Å². The molecule has 1 aliphatic heterocycles. The van der Waals surface area contributed by atoms with Crippen LogP contribution in [0.3, 0.4) is 0 Å². The smallest absolute Gasteiger partial charge is 0.242 e. The van der Waals surface area contributed by atoms with Crippen molar-refractivity contribution in [2.75, 3.05) is 51.3 Å². The molecule has 0 aromatic heterocycles. The lowest BCUT2D eigenvalue weighted by Crippen LogP contribution is -2.52. The zero-order valence-corrected chi connectivity index (χ0v) is 15.7. The Bertz CT molecular complexity index is 578. The summed E-state index contributed by atoms with van der Waals surface area (Å²) in [5, 5.41) is 0. The van der Waals surface area contributed by atoms with Gasteiger partial charge in [0.2, 0.25) is 11.8 Å². The molecule has 6 heteroatoms. The maximum atomic E-state index is 12.5. The second-order valence-corrected chi connectivity index (χ2v) is 6.86. The molecule has 0 bridgehead atoms. The molecule has 0 aliphatic carbocycles. The molecule has 2 amide bonds. The van der Waals surface area contributed by atoms with Crippen LogP contribution < -0.4 is 9.64 Å². The number of nitrogens with zero attached hydrogens (tertiary/aromatic N) is 3. The molecule has 1 saturated heterocycles. The van der Waals surface area contributed by atoms with Crippen molar-refractivity contribution in [3.63, 3.8) is 0 Å². The second-order valence-electron chi connectivity index (χ2n) is 6.86. The standard InChI is InChI=1S/C19H29N3O3/c1-15(2)13-22(16(3)23)14-19(24)21-11-9-20(10-12-21)17-5-7-18(25-4)8-6-17/h5-8,15H,9-14H2,1-4H3. The molecule has 138 valence electrons. The predicted octanol–water partition coefficient (Wildman–Crippen LogP) is 1.85. The summed E-state index contributed by atoms with van der Waals surface area (Å²) in [6, 6.07) is 7.97. The molecule has 1 fully saturated rings. The van der Waals surface area contributed by atoms with Crippen molar-refractivity contribution in [1.29, 1.82) is 0 Å². The van der Waals surface area contributed by atoms with E-state index in [0.29, 0.717) is 25.6 Å². The Morgan fingerprint density at radius 3 is 2.20 bits per heavy atom. The first-order valence-electron chi connectivity index (χ1n) is 8.83. The van der Waals surface area contributed by atoms with Crippen LogP contribution in [0, 0.1) is 5.92 Å². The highest BCUT2D eigenvalue weighted by molar-refractivity contribution is 5.84. The van der Waals surface area contributed by atoms with Gasteiger partial charge in [-0.25, -0.2) is 0 Å². The van der Waals surface area contributed by atoms with Crippen molar-refractivity contribution in [2.24, 2.45) is 5.92 Å². The van der Waals surface area contributed by atoms with E-state index in [9.17, 15) is 9.59 Å². The molecule has 1 aromatic carbocycles. The van der Waals surface area contributed by atoms with Gasteiger partial charge in [0, 0.05) is 45.3 Å². The number of rotatable bonds is 6. The molecule has 25 heavy (non-hydrogen) atoms. The molecule has 0 spiro atoms. The van der Waals surface area contributed by atoms with E-state index >= 15 is 0 Å². The monoisotopic (exact) mass is 347 g/mol. The summed E-state index contributed by atoms with van der Waals surface area (Å²) in [5.74, 6) is 1.18. The minimum Gasteiger partial charge on any atom is -0.497 e. The summed E-state index contributed by atoms with van der Waals surface area (Å²) >= 11 is 0. The number of anilines is 1. The molecule has 0 saturated carbocycles. The maximum absolute atomic E-state index is 12.5. The van der Waals surface area contributed by atoms with Gasteiger partial charge in [-0.3, -0.25) is 9.59 Å². The van der Waals surface area contributed by atoms with Crippen LogP contribution in [0.5, 0.6) is 5.75 Å². The van der Waals surface area contributed by atoms with Gasteiger partial charge in [-0.05, 0) is 30.2 Å². The molecular formula is C19H29N3O3. The minimum absolute atomic E-state index is 0.0326. The zero-order chi connectivity index (χ0) is 18.4. The molecule has 0 unspecified atom stereocenters. The Hall–Kier alpha value is -2.24. The number of ether oxygens (including phenoxy) is 1. The normalized spacial score (nSPS) is 14.6. The predicted molar refractivity (Wildman–Crippen MR) is 98.9 cm³/mol. The van der Waals surface area contributed by atoms with E-state index in [1.54, 1.807) is 12.0 Å². The van der Waals surface area contributed by atoms with Gasteiger partial charge in [0.05, 0.1) is 13.7 Å². The third-order valence-corrected chi connectivity index (χ3v) is 4.43. The minimum atomic E-state index is -0.0427. The molecule has 1 aliphatic rings. The van der Waals surface area contributed by atoms with Crippen molar-refractivity contribution in [3.05, 3.63) is 24.3 Å². The number of methoxy groups -OCH3 is 1. The van der Waals surface area contributed by atoms with E-state index in [0.717, 1.165) is 24.5 Å². The van der Waals surface area contributed by atoms with Crippen LogP contribution in [0.2, 0.25) is 0 Å². The van der Waals surface area contributed by atoms with Crippen LogP contribution in [0.15, 0.2) is 24.3 Å². The van der Waals surface area contributed by atoms with Crippen LogP contribution in [-0.4, -0.2) is 68.0 Å². The lowest BCUT2D eigenvalue weighted by molar-refractivity contribution is -0.140. The number of amides is 2. The molecule has 0 atom stereocenters. The van der Waals surface area contributed by atoms with Crippen LogP contribution in [0.25, 0.3) is 0 Å². The lowest BCUT2D eigenvalue weighted by Gasteiger charge is -2.37. The fourth-order valence-corrected chi connectivity index (χ4v) is 3.02. The van der Waals surface area contributed by atoms with Gasteiger partial charge in [-0.2, -0.15) is 0 Å².